The fraction of sp³-hybridized carbons (Fsp3) is 0.412. The van der Waals surface area contributed by atoms with E-state index >= 15 is 0 Å². The lowest BCUT2D eigenvalue weighted by Crippen LogP contribution is -2.61. The SMILES string of the molecule is CC1=CCCC=C1c1c(C)c2cccc3c2n1-c1cc(C)cc2c1B3c1cc3c(cc1N2c1ccc2c(c1)C(C)(C)CCC2(C)C)C(C)(C)CCC3(C)C. The molecule has 4 aromatic carbocycles. The van der Waals surface area contributed by atoms with Crippen molar-refractivity contribution in [3.8, 4) is 5.69 Å². The second-order valence-corrected chi connectivity index (χ2v) is 20.3. The van der Waals surface area contributed by atoms with E-state index in [1.165, 1.54) is 120 Å². The second kappa shape index (κ2) is 11.0. The number of fused-ring (bicyclic) bond motifs is 6. The zero-order valence-corrected chi connectivity index (χ0v) is 34.6. The fourth-order valence-corrected chi connectivity index (χ4v) is 11.5. The highest BCUT2D eigenvalue weighted by Gasteiger charge is 2.46. The highest BCUT2D eigenvalue weighted by Crippen LogP contribution is 2.52. The first-order chi connectivity index (χ1) is 25.5. The first-order valence-electron chi connectivity index (χ1n) is 20.8. The highest BCUT2D eigenvalue weighted by atomic mass is 15.2. The summed E-state index contributed by atoms with van der Waals surface area (Å²) in [6, 6.07) is 25.0. The third kappa shape index (κ3) is 4.54. The molecule has 2 aliphatic heterocycles. The maximum atomic E-state index is 2.69. The number of hydrogen-bond donors (Lipinski definition) is 0. The predicted octanol–water partition coefficient (Wildman–Crippen LogP) is 11.7. The molecular formula is C51H57BN2. The van der Waals surface area contributed by atoms with Gasteiger partial charge in [-0.05, 0) is 172 Å². The van der Waals surface area contributed by atoms with Crippen molar-refractivity contribution in [1.82, 2.24) is 4.57 Å². The van der Waals surface area contributed by atoms with E-state index < -0.39 is 0 Å². The fourth-order valence-electron chi connectivity index (χ4n) is 11.5. The smallest absolute Gasteiger partial charge is 0.252 e. The lowest BCUT2D eigenvalue weighted by atomic mass is 9.33. The molecule has 10 rings (SSSR count). The maximum Gasteiger partial charge on any atom is 0.252 e. The molecule has 0 fully saturated rings. The number of benzene rings is 4. The van der Waals surface area contributed by atoms with E-state index in [0.29, 0.717) is 0 Å². The van der Waals surface area contributed by atoms with Gasteiger partial charge in [0, 0.05) is 33.7 Å². The lowest BCUT2D eigenvalue weighted by molar-refractivity contribution is 0.332. The zero-order chi connectivity index (χ0) is 37.9. The first-order valence-corrected chi connectivity index (χ1v) is 20.8. The maximum absolute atomic E-state index is 2.69. The molecule has 0 atom stereocenters. The van der Waals surface area contributed by atoms with Gasteiger partial charge in [-0.2, -0.15) is 0 Å². The number of aryl methyl sites for hydroxylation is 2. The van der Waals surface area contributed by atoms with Crippen molar-refractivity contribution in [3.05, 3.63) is 117 Å². The summed E-state index contributed by atoms with van der Waals surface area (Å²) in [4.78, 5) is 2.69. The number of anilines is 3. The quantitative estimate of drug-likeness (QED) is 0.162. The summed E-state index contributed by atoms with van der Waals surface area (Å²) in [5.41, 5.74) is 24.6. The van der Waals surface area contributed by atoms with Crippen molar-refractivity contribution in [2.75, 3.05) is 4.90 Å². The molecule has 0 spiro atoms. The van der Waals surface area contributed by atoms with E-state index in [-0.39, 0.29) is 28.4 Å². The van der Waals surface area contributed by atoms with E-state index in [0.717, 1.165) is 12.8 Å². The van der Waals surface area contributed by atoms with Crippen LogP contribution in [0.2, 0.25) is 0 Å². The third-order valence-corrected chi connectivity index (χ3v) is 14.9. The van der Waals surface area contributed by atoms with Gasteiger partial charge in [0.2, 0.25) is 0 Å². The van der Waals surface area contributed by atoms with E-state index in [4.69, 9.17) is 0 Å². The largest absolute Gasteiger partial charge is 0.311 e. The van der Waals surface area contributed by atoms with Crippen molar-refractivity contribution >= 4 is 56.6 Å². The minimum atomic E-state index is 0.109. The third-order valence-electron chi connectivity index (χ3n) is 14.9. The van der Waals surface area contributed by atoms with E-state index in [9.17, 15) is 0 Å². The van der Waals surface area contributed by atoms with E-state index in [2.05, 4.69) is 158 Å². The molecule has 0 saturated heterocycles. The summed E-state index contributed by atoms with van der Waals surface area (Å²) in [6.07, 6.45) is 12.0. The van der Waals surface area contributed by atoms with Crippen LogP contribution < -0.4 is 21.3 Å². The molecular weight excluding hydrogens is 651 g/mol. The molecule has 0 radical (unpaired) electrons. The minimum absolute atomic E-state index is 0.109. The number of aromatic nitrogens is 1. The summed E-state index contributed by atoms with van der Waals surface area (Å²) in [7, 11) is 0. The Balaban J connectivity index is 1.34. The van der Waals surface area contributed by atoms with E-state index in [1.807, 2.05) is 0 Å². The Kier molecular flexibility index (Phi) is 6.95. The molecule has 274 valence electrons. The van der Waals surface area contributed by atoms with E-state index in [1.54, 1.807) is 5.56 Å². The van der Waals surface area contributed by atoms with Crippen LogP contribution >= 0.6 is 0 Å². The Morgan fingerprint density at radius 2 is 1.19 bits per heavy atom. The highest BCUT2D eigenvalue weighted by molar-refractivity contribution is 7.00. The van der Waals surface area contributed by atoms with Crippen LogP contribution in [0, 0.1) is 13.8 Å². The molecule has 0 N–H and O–H groups in total. The van der Waals surface area contributed by atoms with Gasteiger partial charge >= 0.3 is 0 Å². The van der Waals surface area contributed by atoms with Crippen LogP contribution in [0.15, 0.2) is 78.4 Å². The molecule has 54 heavy (non-hydrogen) atoms. The molecule has 5 aliphatic rings. The average Bonchev–Trinajstić information content (AvgIpc) is 3.42. The first kappa shape index (κ1) is 34.3. The van der Waals surface area contributed by atoms with Crippen LogP contribution in [0.4, 0.5) is 17.1 Å². The summed E-state index contributed by atoms with van der Waals surface area (Å²) in [5, 5.41) is 1.39. The van der Waals surface area contributed by atoms with Crippen molar-refractivity contribution < 1.29 is 0 Å². The molecule has 0 amide bonds. The van der Waals surface area contributed by atoms with Gasteiger partial charge in [-0.15, -0.1) is 0 Å². The summed E-state index contributed by atoms with van der Waals surface area (Å²) in [5.74, 6) is 0. The van der Waals surface area contributed by atoms with Gasteiger partial charge in [0.15, 0.2) is 0 Å². The zero-order valence-electron chi connectivity index (χ0n) is 34.6. The minimum Gasteiger partial charge on any atom is -0.311 e. The molecule has 0 saturated carbocycles. The Bertz CT molecular complexity index is 2550. The van der Waals surface area contributed by atoms with Crippen molar-refractivity contribution in [2.45, 2.75) is 136 Å². The number of para-hydroxylation sites is 1. The van der Waals surface area contributed by atoms with Crippen LogP contribution in [0.3, 0.4) is 0 Å². The summed E-state index contributed by atoms with van der Waals surface area (Å²) in [6.45, 7) is 26.9. The van der Waals surface area contributed by atoms with Crippen LogP contribution in [0.5, 0.6) is 0 Å². The Labute approximate surface area is 324 Å². The van der Waals surface area contributed by atoms with Gasteiger partial charge in [-0.25, -0.2) is 0 Å². The number of rotatable bonds is 2. The molecule has 3 heterocycles. The van der Waals surface area contributed by atoms with Gasteiger partial charge in [-0.1, -0.05) is 97.9 Å². The number of nitrogens with zero attached hydrogens (tertiary/aromatic N) is 2. The molecule has 1 aromatic heterocycles. The van der Waals surface area contributed by atoms with Gasteiger partial charge in [0.1, 0.15) is 0 Å². The standard InChI is InChI=1S/C51H57BN2/c1-30-25-43-45-44(26-30)54-46(34-16-13-12-15-31(34)2)32(3)35-17-14-18-40(47(35)54)52(45)41-28-38-39(51(10,11)24-23-50(38,8)9)29-42(41)53(43)33-19-20-36-37(27-33)49(6,7)22-21-48(36,4)5/h14-20,25-29H,12-13,21-24H2,1-11H3. The van der Waals surface area contributed by atoms with Crippen LogP contribution in [0.25, 0.3) is 22.2 Å². The van der Waals surface area contributed by atoms with Crippen molar-refractivity contribution in [1.29, 1.82) is 0 Å². The number of allylic oxidation sites excluding steroid dienone is 4. The summed E-state index contributed by atoms with van der Waals surface area (Å²) >= 11 is 0. The molecule has 0 bridgehead atoms. The van der Waals surface area contributed by atoms with Gasteiger partial charge in [-0.3, -0.25) is 0 Å². The molecule has 3 aliphatic carbocycles. The van der Waals surface area contributed by atoms with Crippen molar-refractivity contribution in [3.63, 3.8) is 0 Å². The predicted molar refractivity (Wildman–Crippen MR) is 234 cm³/mol. The monoisotopic (exact) mass is 708 g/mol. The molecule has 5 aromatic rings. The van der Waals surface area contributed by atoms with Gasteiger partial charge in [0.25, 0.3) is 6.71 Å². The van der Waals surface area contributed by atoms with Crippen molar-refractivity contribution in [2.24, 2.45) is 0 Å². The Hall–Kier alpha value is -4.24. The molecule has 2 nitrogen and oxygen atoms in total. The summed E-state index contributed by atoms with van der Waals surface area (Å²) < 4.78 is 2.68. The lowest BCUT2D eigenvalue weighted by Gasteiger charge is -2.47. The van der Waals surface area contributed by atoms with Gasteiger partial charge in [0.05, 0.1) is 5.69 Å². The van der Waals surface area contributed by atoms with Crippen LogP contribution in [-0.2, 0) is 21.7 Å². The Morgan fingerprint density at radius 1 is 0.574 bits per heavy atom. The second-order valence-electron chi connectivity index (χ2n) is 20.3. The average molecular weight is 709 g/mol. The normalized spacial score (nSPS) is 20.8. The van der Waals surface area contributed by atoms with Crippen LogP contribution in [-0.4, -0.2) is 11.3 Å². The van der Waals surface area contributed by atoms with Crippen LogP contribution in [0.1, 0.15) is 140 Å². The topological polar surface area (TPSA) is 8.17 Å². The Morgan fingerprint density at radius 3 is 1.87 bits per heavy atom. The molecule has 3 heteroatoms. The van der Waals surface area contributed by atoms with Gasteiger partial charge < -0.3 is 9.47 Å². The molecule has 0 unspecified atom stereocenters. The number of hydrogen-bond acceptors (Lipinski definition) is 1.